The van der Waals surface area contributed by atoms with Crippen LogP contribution >= 0.6 is 12.0 Å². The van der Waals surface area contributed by atoms with Gasteiger partial charge in [0.1, 0.15) is 20.6 Å². The Hall–Kier alpha value is 0.761. The Labute approximate surface area is 234 Å². The summed E-state index contributed by atoms with van der Waals surface area (Å²) in [5, 5.41) is 0. The van der Waals surface area contributed by atoms with Gasteiger partial charge in [-0.15, -0.1) is 12.6 Å². The predicted molar refractivity (Wildman–Crippen MR) is 160 cm³/mol. The van der Waals surface area contributed by atoms with Crippen molar-refractivity contribution in [3.05, 3.63) is 0 Å². The fourth-order valence-electron chi connectivity index (χ4n) is 6.78. The molecule has 9 unspecified atom stereocenters. The minimum Gasteiger partial charge on any atom is -0.572 e. The molecule has 0 radical (unpaired) electrons. The third-order valence-electron chi connectivity index (χ3n) is 8.82. The average molecular weight is 592 g/mol. The summed E-state index contributed by atoms with van der Waals surface area (Å²) in [5.41, 5.74) is 0. The molecule has 4 fully saturated rings. The van der Waals surface area contributed by atoms with E-state index in [1.165, 1.54) is 51.4 Å². The van der Waals surface area contributed by atoms with E-state index in [1.54, 1.807) is 12.0 Å². The van der Waals surface area contributed by atoms with Crippen LogP contribution in [0.3, 0.4) is 0 Å². The van der Waals surface area contributed by atoms with E-state index in [9.17, 15) is 0 Å². The zero-order valence-electron chi connectivity index (χ0n) is 24.5. The van der Waals surface area contributed by atoms with Crippen molar-refractivity contribution in [2.45, 2.75) is 147 Å². The molecule has 2 aliphatic heterocycles. The predicted octanol–water partition coefficient (Wildman–Crippen LogP) is 7.18. The summed E-state index contributed by atoms with van der Waals surface area (Å²) < 4.78 is 37.9. The summed E-state index contributed by atoms with van der Waals surface area (Å²) in [5.74, 6) is 2.57. The van der Waals surface area contributed by atoms with Crippen LogP contribution in [0.5, 0.6) is 0 Å². The molecule has 6 nitrogen and oxygen atoms in total. The monoisotopic (exact) mass is 591 g/mol. The fraction of sp³-hybridized carbons (Fsp3) is 1.00. The van der Waals surface area contributed by atoms with E-state index < -0.39 is 25.7 Å². The number of hydrogen-bond donors (Lipinski definition) is 0. The number of hydrogen-bond acceptors (Lipinski definition) is 6. The van der Waals surface area contributed by atoms with E-state index in [-0.39, 0.29) is 0 Å². The first kappa shape index (κ1) is 30.7. The molecule has 2 saturated heterocycles. The van der Waals surface area contributed by atoms with E-state index in [0.29, 0.717) is 31.0 Å². The fourth-order valence-corrected chi connectivity index (χ4v) is 22.6. The molecular formula is C27H55O6SSi3-. The first-order valence-electron chi connectivity index (χ1n) is 15.4. The van der Waals surface area contributed by atoms with Gasteiger partial charge in [-0.25, -0.2) is 0 Å². The summed E-state index contributed by atoms with van der Waals surface area (Å²) in [7, 11) is -7.14. The SMILES string of the molecule is CCCS[OH+][Si-](C)(CCC1CCC2OC2C1)O[Si](C)(CCC1CCC2OC2C1)O[Si-](C)(CCC)OCC. The topological polar surface area (TPSA) is 65.6 Å². The van der Waals surface area contributed by atoms with E-state index >= 15 is 0 Å². The van der Waals surface area contributed by atoms with E-state index in [4.69, 9.17) is 26.0 Å². The van der Waals surface area contributed by atoms with Gasteiger partial charge in [0.2, 0.25) is 0 Å². The summed E-state index contributed by atoms with van der Waals surface area (Å²) in [6, 6.07) is 3.17. The molecule has 1 N–H and O–H groups in total. The normalized spacial score (nSPS) is 35.5. The van der Waals surface area contributed by atoms with Crippen LogP contribution in [-0.4, -0.2) is 66.3 Å². The molecule has 4 aliphatic rings. The van der Waals surface area contributed by atoms with Crippen LogP contribution in [0.2, 0.25) is 37.8 Å². The van der Waals surface area contributed by atoms with Gasteiger partial charge in [-0.1, -0.05) is 39.3 Å². The average Bonchev–Trinajstić information content (AvgIpc) is 3.76. The second-order valence-electron chi connectivity index (χ2n) is 12.6. The number of fused-ring (bicyclic) bond motifs is 2. The van der Waals surface area contributed by atoms with Crippen molar-refractivity contribution >= 4 is 37.7 Å². The standard InChI is InChI=1S/C27H55O6SSi3/c1-7-16-34-31-36(5,18-14-22-10-12-24-26(20-22)29-24)33-37(6,32-35(4,17-8-2)28-9-3)19-15-23-11-13-25-27(21-23)30-25/h22-27,31H,7-21H2,1-6H3/q-1. The molecule has 2 aliphatic carbocycles. The van der Waals surface area contributed by atoms with Gasteiger partial charge in [-0.3, -0.25) is 0 Å². The summed E-state index contributed by atoms with van der Waals surface area (Å²) in [4.78, 5) is 0. The molecule has 4 rings (SSSR count). The van der Waals surface area contributed by atoms with Gasteiger partial charge in [-0.2, -0.15) is 0 Å². The lowest BCUT2D eigenvalue weighted by atomic mass is 9.88. The highest BCUT2D eigenvalue weighted by Crippen LogP contribution is 2.44. The van der Waals surface area contributed by atoms with Gasteiger partial charge in [0.05, 0.1) is 30.2 Å². The van der Waals surface area contributed by atoms with Crippen molar-refractivity contribution in [1.82, 2.24) is 0 Å². The van der Waals surface area contributed by atoms with Gasteiger partial charge in [0.15, 0.2) is 0 Å². The third kappa shape index (κ3) is 9.39. The lowest BCUT2D eigenvalue weighted by molar-refractivity contribution is 0.210. The van der Waals surface area contributed by atoms with Crippen LogP contribution in [0.25, 0.3) is 0 Å². The molecule has 2 saturated carbocycles. The Bertz CT molecular complexity index is 716. The van der Waals surface area contributed by atoms with Crippen LogP contribution < -0.4 is 0 Å². The molecule has 0 aromatic heterocycles. The summed E-state index contributed by atoms with van der Waals surface area (Å²) in [6.07, 6.45) is 14.4. The zero-order valence-corrected chi connectivity index (χ0v) is 28.3. The van der Waals surface area contributed by atoms with Gasteiger partial charge in [0, 0.05) is 6.61 Å². The third-order valence-corrected chi connectivity index (χ3v) is 23.1. The van der Waals surface area contributed by atoms with Crippen molar-refractivity contribution in [2.75, 3.05) is 12.4 Å². The number of epoxide rings is 2. The van der Waals surface area contributed by atoms with Crippen molar-refractivity contribution in [3.63, 3.8) is 0 Å². The van der Waals surface area contributed by atoms with Crippen LogP contribution in [-0.2, 0) is 22.1 Å². The smallest absolute Gasteiger partial charge is 0.342 e. The second-order valence-corrected chi connectivity index (χ2v) is 24.3. The Morgan fingerprint density at radius 2 is 1.49 bits per heavy atom. The summed E-state index contributed by atoms with van der Waals surface area (Å²) >= 11 is 1.75. The Kier molecular flexibility index (Phi) is 11.3. The van der Waals surface area contributed by atoms with Gasteiger partial charge in [-0.05, 0) is 82.7 Å². The molecule has 9 atom stereocenters. The molecule has 0 spiro atoms. The molecule has 2 heterocycles. The maximum Gasteiger partial charge on any atom is 0.342 e. The largest absolute Gasteiger partial charge is 0.572 e. The Balaban J connectivity index is 1.44. The molecule has 218 valence electrons. The van der Waals surface area contributed by atoms with Crippen molar-refractivity contribution < 1.29 is 26.0 Å². The van der Waals surface area contributed by atoms with Crippen LogP contribution in [0.15, 0.2) is 0 Å². The Morgan fingerprint density at radius 1 is 0.838 bits per heavy atom. The second kappa shape index (κ2) is 13.6. The van der Waals surface area contributed by atoms with E-state index in [0.717, 1.165) is 48.6 Å². The molecule has 0 bridgehead atoms. The minimum absolute atomic E-state index is 0.530. The zero-order chi connectivity index (χ0) is 26.5. The van der Waals surface area contributed by atoms with Crippen LogP contribution in [0.4, 0.5) is 0 Å². The van der Waals surface area contributed by atoms with Gasteiger partial charge in [0.25, 0.3) is 8.56 Å². The molecule has 0 aromatic carbocycles. The van der Waals surface area contributed by atoms with Crippen molar-refractivity contribution in [3.8, 4) is 0 Å². The van der Waals surface area contributed by atoms with E-state index in [1.807, 2.05) is 0 Å². The Morgan fingerprint density at radius 3 is 2.05 bits per heavy atom. The molecule has 0 aromatic rings. The lowest BCUT2D eigenvalue weighted by Crippen LogP contribution is -2.58. The minimum atomic E-state index is -2.51. The van der Waals surface area contributed by atoms with Crippen LogP contribution in [0, 0.1) is 11.8 Å². The van der Waals surface area contributed by atoms with Crippen LogP contribution in [0.1, 0.15) is 85.0 Å². The first-order chi connectivity index (χ1) is 17.7. The number of ether oxygens (including phenoxy) is 2. The van der Waals surface area contributed by atoms with Crippen molar-refractivity contribution in [2.24, 2.45) is 11.8 Å². The molecule has 37 heavy (non-hydrogen) atoms. The molecule has 0 amide bonds. The first-order valence-corrected chi connectivity index (χ1v) is 23.9. The lowest BCUT2D eigenvalue weighted by Gasteiger charge is -2.52. The maximum absolute atomic E-state index is 7.38. The highest BCUT2D eigenvalue weighted by molar-refractivity contribution is 7.95. The summed E-state index contributed by atoms with van der Waals surface area (Å²) in [6.45, 7) is 14.3. The van der Waals surface area contributed by atoms with Crippen molar-refractivity contribution in [1.29, 1.82) is 0 Å². The maximum atomic E-state index is 7.38. The van der Waals surface area contributed by atoms with E-state index in [2.05, 4.69) is 40.4 Å². The molecule has 10 heteroatoms. The number of rotatable bonds is 18. The van der Waals surface area contributed by atoms with Gasteiger partial charge >= 0.3 is 8.56 Å². The van der Waals surface area contributed by atoms with Gasteiger partial charge < -0.3 is 26.0 Å². The quantitative estimate of drug-likeness (QED) is 0.0553. The highest BCUT2D eigenvalue weighted by Gasteiger charge is 2.47. The highest BCUT2D eigenvalue weighted by atomic mass is 32.2. The molecular weight excluding hydrogens is 537 g/mol.